The summed E-state index contributed by atoms with van der Waals surface area (Å²) in [7, 11) is 0. The minimum Gasteiger partial charge on any atom is -0.354 e. The predicted octanol–water partition coefficient (Wildman–Crippen LogP) is 0.251. The average Bonchev–Trinajstić information content (AvgIpc) is 2.80. The van der Waals surface area contributed by atoms with Crippen LogP contribution in [0.25, 0.3) is 0 Å². The van der Waals surface area contributed by atoms with Crippen molar-refractivity contribution in [2.75, 3.05) is 13.1 Å². The summed E-state index contributed by atoms with van der Waals surface area (Å²) >= 11 is 0. The second kappa shape index (κ2) is 3.22. The molecule has 64 valence electrons. The fraction of sp³-hybridized carbons (Fsp3) is 0.875. The minimum absolute atomic E-state index is 0.00479. The van der Waals surface area contributed by atoms with Gasteiger partial charge in [-0.3, -0.25) is 4.79 Å². The van der Waals surface area contributed by atoms with Crippen LogP contribution in [0.1, 0.15) is 26.2 Å². The number of carbonyl (C=O) groups excluding carboxylic acids is 1. The quantitative estimate of drug-likeness (QED) is 0.613. The molecule has 1 rings (SSSR count). The Morgan fingerprint density at radius 1 is 1.64 bits per heavy atom. The second-order valence-corrected chi connectivity index (χ2v) is 3.18. The standard InChI is InChI=1S/C8H16N2O/c1-2-8(3-4-8)7(11)10-6-5-9/h2-6,9H2,1H3,(H,10,11). The molecule has 0 atom stereocenters. The molecule has 0 aromatic carbocycles. The Balaban J connectivity index is 2.29. The van der Waals surface area contributed by atoms with Crippen molar-refractivity contribution < 1.29 is 4.79 Å². The van der Waals surface area contributed by atoms with E-state index in [2.05, 4.69) is 12.2 Å². The predicted molar refractivity (Wildman–Crippen MR) is 44.0 cm³/mol. The van der Waals surface area contributed by atoms with Crippen molar-refractivity contribution >= 4 is 5.91 Å². The Morgan fingerprint density at radius 2 is 2.27 bits per heavy atom. The Labute approximate surface area is 67.3 Å². The molecule has 0 saturated heterocycles. The van der Waals surface area contributed by atoms with Gasteiger partial charge in [0.05, 0.1) is 0 Å². The van der Waals surface area contributed by atoms with Crippen molar-refractivity contribution in [3.8, 4) is 0 Å². The molecule has 0 unspecified atom stereocenters. The lowest BCUT2D eigenvalue weighted by Gasteiger charge is -2.11. The highest BCUT2D eigenvalue weighted by Crippen LogP contribution is 2.48. The van der Waals surface area contributed by atoms with E-state index in [1.807, 2.05) is 0 Å². The van der Waals surface area contributed by atoms with Gasteiger partial charge in [-0.05, 0) is 19.3 Å². The molecule has 0 heterocycles. The number of nitrogens with two attached hydrogens (primary N) is 1. The van der Waals surface area contributed by atoms with Crippen LogP contribution in [0.15, 0.2) is 0 Å². The van der Waals surface area contributed by atoms with Crippen LogP contribution < -0.4 is 11.1 Å². The van der Waals surface area contributed by atoms with Crippen LogP contribution in [0.3, 0.4) is 0 Å². The van der Waals surface area contributed by atoms with E-state index in [-0.39, 0.29) is 11.3 Å². The first-order chi connectivity index (χ1) is 5.25. The van der Waals surface area contributed by atoms with Gasteiger partial charge in [-0.15, -0.1) is 0 Å². The van der Waals surface area contributed by atoms with Crippen LogP contribution in [-0.2, 0) is 4.79 Å². The zero-order valence-corrected chi connectivity index (χ0v) is 7.02. The SMILES string of the molecule is CCC1(C(=O)NCCN)CC1. The highest BCUT2D eigenvalue weighted by Gasteiger charge is 2.47. The first-order valence-electron chi connectivity index (χ1n) is 4.23. The normalized spacial score (nSPS) is 19.5. The van der Waals surface area contributed by atoms with Crippen molar-refractivity contribution in [2.24, 2.45) is 11.1 Å². The van der Waals surface area contributed by atoms with Crippen LogP contribution in [-0.4, -0.2) is 19.0 Å². The van der Waals surface area contributed by atoms with E-state index in [9.17, 15) is 4.79 Å². The highest BCUT2D eigenvalue weighted by atomic mass is 16.2. The molecular weight excluding hydrogens is 140 g/mol. The maximum atomic E-state index is 11.4. The monoisotopic (exact) mass is 156 g/mol. The summed E-state index contributed by atoms with van der Waals surface area (Å²) < 4.78 is 0. The van der Waals surface area contributed by atoms with Gasteiger partial charge in [-0.25, -0.2) is 0 Å². The number of carbonyl (C=O) groups is 1. The van der Waals surface area contributed by atoms with Crippen molar-refractivity contribution in [3.63, 3.8) is 0 Å². The van der Waals surface area contributed by atoms with Gasteiger partial charge in [0, 0.05) is 18.5 Å². The van der Waals surface area contributed by atoms with E-state index in [0.29, 0.717) is 13.1 Å². The third-order valence-electron chi connectivity index (χ3n) is 2.44. The van der Waals surface area contributed by atoms with Crippen molar-refractivity contribution in [2.45, 2.75) is 26.2 Å². The summed E-state index contributed by atoms with van der Waals surface area (Å²) in [4.78, 5) is 11.4. The Hall–Kier alpha value is -0.570. The molecular formula is C8H16N2O. The molecule has 1 fully saturated rings. The number of hydrogen-bond acceptors (Lipinski definition) is 2. The topological polar surface area (TPSA) is 55.1 Å². The fourth-order valence-electron chi connectivity index (χ4n) is 1.27. The van der Waals surface area contributed by atoms with E-state index in [1.54, 1.807) is 0 Å². The zero-order chi connectivity index (χ0) is 8.32. The van der Waals surface area contributed by atoms with Gasteiger partial charge < -0.3 is 11.1 Å². The maximum Gasteiger partial charge on any atom is 0.226 e. The summed E-state index contributed by atoms with van der Waals surface area (Å²) in [5.41, 5.74) is 5.26. The van der Waals surface area contributed by atoms with Gasteiger partial charge >= 0.3 is 0 Å². The van der Waals surface area contributed by atoms with Gasteiger partial charge in [-0.2, -0.15) is 0 Å². The molecule has 1 aliphatic rings. The number of amides is 1. The molecule has 0 bridgehead atoms. The molecule has 0 aliphatic heterocycles. The number of nitrogens with one attached hydrogen (secondary N) is 1. The van der Waals surface area contributed by atoms with Crippen LogP contribution in [0.4, 0.5) is 0 Å². The van der Waals surface area contributed by atoms with E-state index in [0.717, 1.165) is 19.3 Å². The molecule has 3 N–H and O–H groups in total. The van der Waals surface area contributed by atoms with E-state index < -0.39 is 0 Å². The van der Waals surface area contributed by atoms with Gasteiger partial charge in [-0.1, -0.05) is 6.92 Å². The summed E-state index contributed by atoms with van der Waals surface area (Å²) in [5, 5.41) is 2.82. The zero-order valence-electron chi connectivity index (χ0n) is 7.02. The summed E-state index contributed by atoms with van der Waals surface area (Å²) in [5.74, 6) is 0.199. The van der Waals surface area contributed by atoms with E-state index in [1.165, 1.54) is 0 Å². The summed E-state index contributed by atoms with van der Waals surface area (Å²) in [6.45, 7) is 3.21. The summed E-state index contributed by atoms with van der Waals surface area (Å²) in [6, 6.07) is 0. The van der Waals surface area contributed by atoms with Crippen molar-refractivity contribution in [1.29, 1.82) is 0 Å². The smallest absolute Gasteiger partial charge is 0.226 e. The molecule has 11 heavy (non-hydrogen) atoms. The first kappa shape index (κ1) is 8.53. The van der Waals surface area contributed by atoms with Crippen LogP contribution >= 0.6 is 0 Å². The molecule has 0 spiro atoms. The molecule has 0 radical (unpaired) electrons. The molecule has 0 aromatic rings. The average molecular weight is 156 g/mol. The molecule has 1 aliphatic carbocycles. The van der Waals surface area contributed by atoms with Gasteiger partial charge in [0.2, 0.25) is 5.91 Å². The third kappa shape index (κ3) is 1.71. The number of hydrogen-bond donors (Lipinski definition) is 2. The largest absolute Gasteiger partial charge is 0.354 e. The Bertz CT molecular complexity index is 152. The molecule has 3 heteroatoms. The minimum atomic E-state index is -0.00479. The molecule has 3 nitrogen and oxygen atoms in total. The molecule has 1 saturated carbocycles. The Morgan fingerprint density at radius 3 is 2.64 bits per heavy atom. The summed E-state index contributed by atoms with van der Waals surface area (Å²) in [6.07, 6.45) is 3.07. The lowest BCUT2D eigenvalue weighted by molar-refractivity contribution is -0.126. The van der Waals surface area contributed by atoms with Crippen LogP contribution in [0, 0.1) is 5.41 Å². The van der Waals surface area contributed by atoms with Gasteiger partial charge in [0.25, 0.3) is 0 Å². The fourth-order valence-corrected chi connectivity index (χ4v) is 1.27. The van der Waals surface area contributed by atoms with Crippen molar-refractivity contribution in [1.82, 2.24) is 5.32 Å². The van der Waals surface area contributed by atoms with Crippen LogP contribution in [0.5, 0.6) is 0 Å². The lowest BCUT2D eigenvalue weighted by atomic mass is 10.0. The Kier molecular flexibility index (Phi) is 2.49. The van der Waals surface area contributed by atoms with Crippen LogP contribution in [0.2, 0.25) is 0 Å². The van der Waals surface area contributed by atoms with E-state index >= 15 is 0 Å². The number of rotatable bonds is 4. The first-order valence-corrected chi connectivity index (χ1v) is 4.23. The van der Waals surface area contributed by atoms with Crippen molar-refractivity contribution in [3.05, 3.63) is 0 Å². The highest BCUT2D eigenvalue weighted by molar-refractivity contribution is 5.85. The lowest BCUT2D eigenvalue weighted by Crippen LogP contribution is -2.35. The second-order valence-electron chi connectivity index (χ2n) is 3.18. The van der Waals surface area contributed by atoms with E-state index in [4.69, 9.17) is 5.73 Å². The van der Waals surface area contributed by atoms with Gasteiger partial charge in [0.1, 0.15) is 0 Å². The third-order valence-corrected chi connectivity index (χ3v) is 2.44. The van der Waals surface area contributed by atoms with Gasteiger partial charge in [0.15, 0.2) is 0 Å². The molecule has 1 amide bonds. The maximum absolute atomic E-state index is 11.4. The molecule has 0 aromatic heterocycles.